The predicted molar refractivity (Wildman–Crippen MR) is 67.1 cm³/mol. The quantitative estimate of drug-likeness (QED) is 0.630. The Hall–Kier alpha value is -1.98. The lowest BCUT2D eigenvalue weighted by Gasteiger charge is -2.06. The maximum atomic E-state index is 11.3. The summed E-state index contributed by atoms with van der Waals surface area (Å²) in [4.78, 5) is 3.96. The molecule has 0 fully saturated rings. The minimum absolute atomic E-state index is 0.218. The van der Waals surface area contributed by atoms with E-state index in [4.69, 9.17) is 0 Å². The molecule has 3 rings (SSSR count). The average molecular weight is 258 g/mol. The molecular weight excluding hydrogens is 250 g/mol. The van der Waals surface area contributed by atoms with E-state index < -0.39 is 10.1 Å². The zero-order valence-electron chi connectivity index (χ0n) is 9.20. The Labute approximate surface area is 104 Å². The van der Waals surface area contributed by atoms with Gasteiger partial charge in [0.25, 0.3) is 0 Å². The molecule has 0 bridgehead atoms. The molecule has 0 unspecified atom stereocenters. The SMILES string of the molecule is [O]S(=O)(=O)c1cccc2ncc3ccccc3c12. The van der Waals surface area contributed by atoms with E-state index in [-0.39, 0.29) is 4.90 Å². The van der Waals surface area contributed by atoms with Gasteiger partial charge in [0.05, 0.1) is 5.52 Å². The number of aromatic nitrogens is 1. The zero-order valence-corrected chi connectivity index (χ0v) is 10.0. The fraction of sp³-hybridized carbons (Fsp3) is 0. The van der Waals surface area contributed by atoms with Gasteiger partial charge in [-0.1, -0.05) is 34.9 Å². The summed E-state index contributed by atoms with van der Waals surface area (Å²) in [5.74, 6) is 0. The van der Waals surface area contributed by atoms with Gasteiger partial charge < -0.3 is 0 Å². The molecule has 0 amide bonds. The number of rotatable bonds is 1. The van der Waals surface area contributed by atoms with Crippen LogP contribution < -0.4 is 0 Å². The van der Waals surface area contributed by atoms with Crippen molar-refractivity contribution in [1.29, 1.82) is 0 Å². The minimum Gasteiger partial charge on any atom is -0.256 e. The van der Waals surface area contributed by atoms with Gasteiger partial charge in [-0.15, -0.1) is 0 Å². The summed E-state index contributed by atoms with van der Waals surface area (Å²) in [5.41, 5.74) is 0.505. The van der Waals surface area contributed by atoms with Crippen LogP contribution in [0.5, 0.6) is 0 Å². The molecule has 4 nitrogen and oxygen atoms in total. The van der Waals surface area contributed by atoms with Crippen LogP contribution in [0.3, 0.4) is 0 Å². The fourth-order valence-electron chi connectivity index (χ4n) is 2.08. The third kappa shape index (κ3) is 1.64. The van der Waals surface area contributed by atoms with Gasteiger partial charge in [-0.25, -0.2) is 0 Å². The molecule has 0 aliphatic carbocycles. The summed E-state index contributed by atoms with van der Waals surface area (Å²) >= 11 is 0. The Kier molecular flexibility index (Phi) is 2.33. The van der Waals surface area contributed by atoms with E-state index in [1.807, 2.05) is 12.1 Å². The minimum atomic E-state index is -4.51. The van der Waals surface area contributed by atoms with Crippen LogP contribution in [0.4, 0.5) is 0 Å². The molecule has 0 N–H and O–H groups in total. The lowest BCUT2D eigenvalue weighted by atomic mass is 10.1. The molecule has 0 saturated heterocycles. The fourth-order valence-corrected chi connectivity index (χ4v) is 2.79. The second-order valence-corrected chi connectivity index (χ2v) is 5.30. The highest BCUT2D eigenvalue weighted by Gasteiger charge is 2.17. The molecule has 89 valence electrons. The molecule has 0 atom stereocenters. The van der Waals surface area contributed by atoms with Crippen molar-refractivity contribution < 1.29 is 13.0 Å². The molecule has 0 aliphatic rings. The Morgan fingerprint density at radius 1 is 0.944 bits per heavy atom. The highest BCUT2D eigenvalue weighted by Crippen LogP contribution is 2.29. The monoisotopic (exact) mass is 258 g/mol. The topological polar surface area (TPSA) is 66.9 Å². The average Bonchev–Trinajstić information content (AvgIpc) is 2.36. The van der Waals surface area contributed by atoms with Gasteiger partial charge in [-0.05, 0) is 17.5 Å². The first kappa shape index (κ1) is 11.1. The van der Waals surface area contributed by atoms with Crippen LogP contribution in [-0.2, 0) is 14.7 Å². The summed E-state index contributed by atoms with van der Waals surface area (Å²) < 4.78 is 33.9. The molecule has 1 heterocycles. The van der Waals surface area contributed by atoms with Gasteiger partial charge in [0, 0.05) is 17.0 Å². The van der Waals surface area contributed by atoms with Crippen LogP contribution in [0.1, 0.15) is 0 Å². The largest absolute Gasteiger partial charge is 0.324 e. The second-order valence-electron chi connectivity index (χ2n) is 3.95. The van der Waals surface area contributed by atoms with E-state index in [1.165, 1.54) is 12.1 Å². The molecule has 1 radical (unpaired) electrons. The van der Waals surface area contributed by atoms with Crippen molar-refractivity contribution in [2.24, 2.45) is 0 Å². The number of hydrogen-bond donors (Lipinski definition) is 0. The summed E-state index contributed by atoms with van der Waals surface area (Å²) in [6.45, 7) is 0. The molecule has 5 heteroatoms. The van der Waals surface area contributed by atoms with E-state index in [9.17, 15) is 13.0 Å². The van der Waals surface area contributed by atoms with Gasteiger partial charge in [0.15, 0.2) is 0 Å². The van der Waals surface area contributed by atoms with Crippen LogP contribution in [-0.4, -0.2) is 13.4 Å². The van der Waals surface area contributed by atoms with Gasteiger partial charge in [-0.2, -0.15) is 8.42 Å². The summed E-state index contributed by atoms with van der Waals surface area (Å²) in [6, 6.07) is 11.8. The molecule has 18 heavy (non-hydrogen) atoms. The maximum absolute atomic E-state index is 11.3. The predicted octanol–water partition coefficient (Wildman–Crippen LogP) is 2.51. The molecule has 3 aromatic rings. The van der Waals surface area contributed by atoms with Crippen LogP contribution in [0.2, 0.25) is 0 Å². The van der Waals surface area contributed by atoms with E-state index in [0.29, 0.717) is 10.9 Å². The zero-order chi connectivity index (χ0) is 12.8. The van der Waals surface area contributed by atoms with Gasteiger partial charge in [-0.3, -0.25) is 4.98 Å². The first-order valence-corrected chi connectivity index (χ1v) is 6.70. The smallest absolute Gasteiger partial charge is 0.256 e. The second kappa shape index (κ2) is 3.76. The van der Waals surface area contributed by atoms with Crippen molar-refractivity contribution >= 4 is 31.8 Å². The lowest BCUT2D eigenvalue weighted by Crippen LogP contribution is -1.98. The van der Waals surface area contributed by atoms with Crippen molar-refractivity contribution in [3.63, 3.8) is 0 Å². The number of benzene rings is 2. The van der Waals surface area contributed by atoms with Crippen LogP contribution in [0.15, 0.2) is 53.6 Å². The summed E-state index contributed by atoms with van der Waals surface area (Å²) in [6.07, 6.45) is 1.67. The number of hydrogen-bond acceptors (Lipinski definition) is 3. The van der Waals surface area contributed by atoms with Crippen molar-refractivity contribution in [3.8, 4) is 0 Å². The Bertz CT molecular complexity index is 856. The first-order chi connectivity index (χ1) is 8.57. The van der Waals surface area contributed by atoms with Crippen LogP contribution >= 0.6 is 0 Å². The molecule has 0 saturated carbocycles. The molecule has 1 aromatic heterocycles. The first-order valence-electron chi connectivity index (χ1n) is 5.30. The summed E-state index contributed by atoms with van der Waals surface area (Å²) in [7, 11) is -4.51. The Morgan fingerprint density at radius 3 is 2.50 bits per heavy atom. The molecular formula is C13H8NO3S. The van der Waals surface area contributed by atoms with Crippen molar-refractivity contribution in [1.82, 2.24) is 4.98 Å². The lowest BCUT2D eigenvalue weighted by molar-refractivity contribution is 0.415. The number of fused-ring (bicyclic) bond motifs is 3. The van der Waals surface area contributed by atoms with Crippen molar-refractivity contribution in [2.45, 2.75) is 4.90 Å². The Balaban J connectivity index is 2.63. The standard InChI is InChI=1S/C13H8NO3S/c15-18(16,17)12-7-3-6-11-13(12)10-5-2-1-4-9(10)8-14-11/h1-8H. The Morgan fingerprint density at radius 2 is 1.72 bits per heavy atom. The van der Waals surface area contributed by atoms with Gasteiger partial charge >= 0.3 is 10.1 Å². The normalized spacial score (nSPS) is 12.1. The van der Waals surface area contributed by atoms with Gasteiger partial charge in [0.2, 0.25) is 0 Å². The maximum Gasteiger partial charge on any atom is 0.324 e. The highest BCUT2D eigenvalue weighted by molar-refractivity contribution is 7.85. The molecule has 0 spiro atoms. The van der Waals surface area contributed by atoms with E-state index >= 15 is 0 Å². The molecule has 2 aromatic carbocycles. The van der Waals surface area contributed by atoms with Crippen molar-refractivity contribution in [3.05, 3.63) is 48.7 Å². The van der Waals surface area contributed by atoms with Crippen LogP contribution in [0, 0.1) is 0 Å². The third-order valence-electron chi connectivity index (χ3n) is 2.85. The number of nitrogens with zero attached hydrogens (tertiary/aromatic N) is 1. The van der Waals surface area contributed by atoms with Crippen LogP contribution in [0.25, 0.3) is 21.7 Å². The molecule has 0 aliphatic heterocycles. The van der Waals surface area contributed by atoms with E-state index in [2.05, 4.69) is 4.98 Å². The number of pyridine rings is 1. The van der Waals surface area contributed by atoms with Gasteiger partial charge in [0.1, 0.15) is 4.90 Å². The summed E-state index contributed by atoms with van der Waals surface area (Å²) in [5, 5.41) is 1.92. The third-order valence-corrected chi connectivity index (χ3v) is 3.73. The van der Waals surface area contributed by atoms with Crippen molar-refractivity contribution in [2.75, 3.05) is 0 Å². The van der Waals surface area contributed by atoms with E-state index in [0.717, 1.165) is 10.8 Å². The van der Waals surface area contributed by atoms with E-state index in [1.54, 1.807) is 24.4 Å². The highest BCUT2D eigenvalue weighted by atomic mass is 32.2.